The lowest BCUT2D eigenvalue weighted by Crippen LogP contribution is -2.30. The Labute approximate surface area is 101 Å². The fraction of sp³-hybridized carbons (Fsp3) is 0.727. The molecule has 0 radical (unpaired) electrons. The Morgan fingerprint density at radius 3 is 3.00 bits per heavy atom. The first-order valence-corrected chi connectivity index (χ1v) is 7.59. The van der Waals surface area contributed by atoms with E-state index in [0.29, 0.717) is 30.9 Å². The summed E-state index contributed by atoms with van der Waals surface area (Å²) >= 11 is 0. The van der Waals surface area contributed by atoms with Crippen LogP contribution in [0.15, 0.2) is 10.6 Å². The van der Waals surface area contributed by atoms with Gasteiger partial charge < -0.3 is 9.52 Å². The van der Waals surface area contributed by atoms with Crippen LogP contribution >= 0.6 is 0 Å². The number of aromatic nitrogens is 1. The summed E-state index contributed by atoms with van der Waals surface area (Å²) < 4.78 is 29.0. The van der Waals surface area contributed by atoms with Crippen molar-refractivity contribution >= 4 is 9.84 Å². The highest BCUT2D eigenvalue weighted by Gasteiger charge is 2.30. The molecule has 1 aliphatic rings. The maximum Gasteiger partial charge on any atom is 0.195 e. The summed E-state index contributed by atoms with van der Waals surface area (Å²) in [7, 11) is -2.97. The molecule has 1 aliphatic heterocycles. The number of aliphatic hydroxyl groups excluding tert-OH is 1. The molecule has 5 nitrogen and oxygen atoms in total. The molecule has 0 aliphatic carbocycles. The summed E-state index contributed by atoms with van der Waals surface area (Å²) in [5, 5.41) is 8.40. The van der Waals surface area contributed by atoms with Gasteiger partial charge in [-0.15, -0.1) is 0 Å². The minimum atomic E-state index is -2.97. The summed E-state index contributed by atoms with van der Waals surface area (Å²) in [5.74, 6) is 1.35. The molecule has 6 heteroatoms. The Morgan fingerprint density at radius 1 is 1.47 bits per heavy atom. The van der Waals surface area contributed by atoms with E-state index in [4.69, 9.17) is 9.52 Å². The molecule has 1 aromatic rings. The second kappa shape index (κ2) is 5.18. The van der Waals surface area contributed by atoms with E-state index in [0.717, 1.165) is 12.8 Å². The van der Waals surface area contributed by atoms with Gasteiger partial charge in [-0.05, 0) is 12.8 Å². The average molecular weight is 259 g/mol. The zero-order valence-corrected chi connectivity index (χ0v) is 10.4. The Kier molecular flexibility index (Phi) is 3.83. The van der Waals surface area contributed by atoms with Crippen LogP contribution in [0.25, 0.3) is 0 Å². The molecule has 0 spiro atoms. The molecule has 1 aromatic heterocycles. The zero-order valence-electron chi connectivity index (χ0n) is 9.63. The van der Waals surface area contributed by atoms with Gasteiger partial charge in [-0.25, -0.2) is 13.4 Å². The Morgan fingerprint density at radius 2 is 2.29 bits per heavy atom. The molecule has 0 amide bonds. The lowest BCUT2D eigenvalue weighted by Gasteiger charge is -2.20. The van der Waals surface area contributed by atoms with Gasteiger partial charge in [-0.2, -0.15) is 0 Å². The van der Waals surface area contributed by atoms with E-state index >= 15 is 0 Å². The predicted molar refractivity (Wildman–Crippen MR) is 62.4 cm³/mol. The van der Waals surface area contributed by atoms with Crippen LogP contribution in [0.1, 0.15) is 30.9 Å². The molecule has 2 rings (SSSR count). The minimum Gasteiger partial charge on any atom is -0.446 e. The lowest BCUT2D eigenvalue weighted by molar-refractivity contribution is 0.285. The van der Waals surface area contributed by atoms with Gasteiger partial charge in [0, 0.05) is 12.8 Å². The third kappa shape index (κ3) is 3.07. The molecule has 1 saturated heterocycles. The Bertz CT molecular complexity index is 466. The largest absolute Gasteiger partial charge is 0.446 e. The van der Waals surface area contributed by atoms with Crippen molar-refractivity contribution in [3.63, 3.8) is 0 Å². The molecule has 0 saturated carbocycles. The fourth-order valence-corrected chi connectivity index (χ4v) is 3.98. The molecule has 1 N–H and O–H groups in total. The van der Waals surface area contributed by atoms with Crippen LogP contribution in [-0.4, -0.2) is 36.1 Å². The summed E-state index contributed by atoms with van der Waals surface area (Å²) in [6.07, 6.45) is 4.74. The smallest absolute Gasteiger partial charge is 0.195 e. The highest BCUT2D eigenvalue weighted by Crippen LogP contribution is 2.22. The molecule has 1 atom stereocenters. The van der Waals surface area contributed by atoms with Gasteiger partial charge in [-0.3, -0.25) is 0 Å². The first kappa shape index (κ1) is 12.6. The normalized spacial score (nSPS) is 23.7. The molecule has 1 unspecified atom stereocenters. The number of sulfone groups is 1. The first-order chi connectivity index (χ1) is 8.12. The monoisotopic (exact) mass is 259 g/mol. The summed E-state index contributed by atoms with van der Waals surface area (Å²) in [5.41, 5.74) is 0. The molecule has 0 aromatic carbocycles. The topological polar surface area (TPSA) is 80.4 Å². The Balaban J connectivity index is 2.04. The van der Waals surface area contributed by atoms with Gasteiger partial charge in [0.05, 0.1) is 23.8 Å². The van der Waals surface area contributed by atoms with Crippen LogP contribution in [-0.2, 0) is 22.7 Å². The third-order valence-electron chi connectivity index (χ3n) is 3.07. The molecular weight excluding hydrogens is 242 g/mol. The molecule has 96 valence electrons. The number of nitrogens with zero attached hydrogens (tertiary/aromatic N) is 1. The standard InChI is InChI=1S/C11H17NO4S/c13-5-4-9-8-12-11(16-9)7-10-3-1-2-6-17(10,14)15/h8,10,13H,1-7H2. The van der Waals surface area contributed by atoms with E-state index in [9.17, 15) is 8.42 Å². The number of hydrogen-bond acceptors (Lipinski definition) is 5. The van der Waals surface area contributed by atoms with Gasteiger partial charge in [0.25, 0.3) is 0 Å². The van der Waals surface area contributed by atoms with Crippen LogP contribution in [0.4, 0.5) is 0 Å². The summed E-state index contributed by atoms with van der Waals surface area (Å²) in [6, 6.07) is 0. The zero-order chi connectivity index (χ0) is 12.3. The maximum absolute atomic E-state index is 11.8. The van der Waals surface area contributed by atoms with Crippen LogP contribution < -0.4 is 0 Å². The second-order valence-electron chi connectivity index (χ2n) is 4.38. The van der Waals surface area contributed by atoms with Crippen LogP contribution in [0.3, 0.4) is 0 Å². The van der Waals surface area contributed by atoms with Crippen molar-refractivity contribution in [1.29, 1.82) is 0 Å². The highest BCUT2D eigenvalue weighted by molar-refractivity contribution is 7.92. The summed E-state index contributed by atoms with van der Waals surface area (Å²) in [6.45, 7) is 0.0103. The van der Waals surface area contributed by atoms with E-state index < -0.39 is 9.84 Å². The third-order valence-corrected chi connectivity index (χ3v) is 5.35. The van der Waals surface area contributed by atoms with Crippen molar-refractivity contribution in [3.8, 4) is 0 Å². The van der Waals surface area contributed by atoms with E-state index in [1.807, 2.05) is 0 Å². The number of oxazole rings is 1. The molecular formula is C11H17NO4S. The SMILES string of the molecule is O=S1(=O)CCCCC1Cc1ncc(CCO)o1. The Hall–Kier alpha value is -0.880. The van der Waals surface area contributed by atoms with Crippen LogP contribution in [0.5, 0.6) is 0 Å². The van der Waals surface area contributed by atoms with Gasteiger partial charge in [0.15, 0.2) is 15.7 Å². The quantitative estimate of drug-likeness (QED) is 0.861. The highest BCUT2D eigenvalue weighted by atomic mass is 32.2. The van der Waals surface area contributed by atoms with E-state index in [1.54, 1.807) is 6.20 Å². The molecule has 1 fully saturated rings. The van der Waals surface area contributed by atoms with Gasteiger partial charge in [0.2, 0.25) is 0 Å². The minimum absolute atomic E-state index is 0.0103. The van der Waals surface area contributed by atoms with Crippen molar-refractivity contribution in [2.24, 2.45) is 0 Å². The molecule has 17 heavy (non-hydrogen) atoms. The number of rotatable bonds is 4. The van der Waals surface area contributed by atoms with Crippen molar-refractivity contribution in [1.82, 2.24) is 4.98 Å². The number of aliphatic hydroxyl groups is 1. The average Bonchev–Trinajstić information content (AvgIpc) is 2.70. The van der Waals surface area contributed by atoms with Crippen molar-refractivity contribution in [2.75, 3.05) is 12.4 Å². The molecule has 2 heterocycles. The van der Waals surface area contributed by atoms with Crippen molar-refractivity contribution in [2.45, 2.75) is 37.4 Å². The van der Waals surface area contributed by atoms with Gasteiger partial charge >= 0.3 is 0 Å². The first-order valence-electron chi connectivity index (χ1n) is 5.88. The second-order valence-corrected chi connectivity index (χ2v) is 6.78. The molecule has 0 bridgehead atoms. The van der Waals surface area contributed by atoms with Crippen molar-refractivity contribution < 1.29 is 17.9 Å². The predicted octanol–water partition coefficient (Wildman–Crippen LogP) is 0.719. The van der Waals surface area contributed by atoms with Gasteiger partial charge in [-0.1, -0.05) is 6.42 Å². The summed E-state index contributed by atoms with van der Waals surface area (Å²) in [4.78, 5) is 4.05. The van der Waals surface area contributed by atoms with E-state index in [2.05, 4.69) is 4.98 Å². The van der Waals surface area contributed by atoms with Crippen molar-refractivity contribution in [3.05, 3.63) is 17.8 Å². The van der Waals surface area contributed by atoms with Crippen LogP contribution in [0.2, 0.25) is 0 Å². The van der Waals surface area contributed by atoms with E-state index in [1.165, 1.54) is 0 Å². The lowest BCUT2D eigenvalue weighted by atomic mass is 10.1. The van der Waals surface area contributed by atoms with Gasteiger partial charge in [0.1, 0.15) is 5.76 Å². The van der Waals surface area contributed by atoms with Crippen LogP contribution in [0, 0.1) is 0 Å². The maximum atomic E-state index is 11.8. The number of hydrogen-bond donors (Lipinski definition) is 1. The fourth-order valence-electron chi connectivity index (χ4n) is 2.11. The van der Waals surface area contributed by atoms with E-state index in [-0.39, 0.29) is 17.6 Å².